The van der Waals surface area contributed by atoms with E-state index in [9.17, 15) is 9.59 Å². The Morgan fingerprint density at radius 2 is 1.94 bits per heavy atom. The summed E-state index contributed by atoms with van der Waals surface area (Å²) < 4.78 is 8.76. The molecule has 1 aliphatic rings. The number of fused-ring (bicyclic) bond motifs is 1. The van der Waals surface area contributed by atoms with Crippen LogP contribution in [0.1, 0.15) is 47.5 Å². The van der Waals surface area contributed by atoms with E-state index in [-0.39, 0.29) is 30.3 Å². The van der Waals surface area contributed by atoms with Gasteiger partial charge >= 0.3 is 6.09 Å². The molecule has 0 bridgehead atoms. The molecule has 1 saturated heterocycles. The van der Waals surface area contributed by atoms with Crippen molar-refractivity contribution >= 4 is 22.8 Å². The van der Waals surface area contributed by atoms with Gasteiger partial charge in [0.1, 0.15) is 17.7 Å². The number of carbonyl (C=O) groups is 1. The number of aromatic nitrogens is 3. The molecule has 9 heteroatoms. The van der Waals surface area contributed by atoms with Crippen LogP contribution in [0.2, 0.25) is 0 Å². The van der Waals surface area contributed by atoms with Crippen LogP contribution in [0.15, 0.2) is 17.1 Å². The number of nitrogens with zero attached hydrogens (tertiary/aromatic N) is 6. The molecule has 3 heterocycles. The molecule has 2 aromatic heterocycles. The fraction of sp³-hybridized carbons (Fsp3) is 0.636. The number of anilines is 1. The molecule has 2 aromatic rings. The third kappa shape index (κ3) is 4.53. The molecular weight excluding hydrogens is 396 g/mol. The smallest absolute Gasteiger partial charge is 0.410 e. The molecule has 0 spiro atoms. The van der Waals surface area contributed by atoms with E-state index >= 15 is 0 Å². The van der Waals surface area contributed by atoms with Gasteiger partial charge in [-0.25, -0.2) is 4.79 Å². The predicted molar refractivity (Wildman–Crippen MR) is 119 cm³/mol. The number of rotatable bonds is 4. The maximum Gasteiger partial charge on any atom is 0.410 e. The number of hydrogen-bond donors (Lipinski definition) is 0. The highest BCUT2D eigenvalue weighted by Gasteiger charge is 2.38. The third-order valence-electron chi connectivity index (χ3n) is 5.75. The van der Waals surface area contributed by atoms with Gasteiger partial charge in [0.2, 0.25) is 0 Å². The normalized spacial score (nSPS) is 19.5. The lowest BCUT2D eigenvalue weighted by Crippen LogP contribution is -2.60. The van der Waals surface area contributed by atoms with Crippen LogP contribution in [0.25, 0.3) is 11.0 Å². The highest BCUT2D eigenvalue weighted by molar-refractivity contribution is 5.88. The number of hydrogen-bond acceptors (Lipinski definition) is 6. The Morgan fingerprint density at radius 3 is 2.52 bits per heavy atom. The first-order chi connectivity index (χ1) is 14.6. The van der Waals surface area contributed by atoms with Crippen molar-refractivity contribution in [2.24, 2.45) is 7.05 Å². The molecule has 168 valence electrons. The highest BCUT2D eigenvalue weighted by Crippen LogP contribution is 2.31. The summed E-state index contributed by atoms with van der Waals surface area (Å²) in [6.07, 6.45) is 3.00. The summed E-state index contributed by atoms with van der Waals surface area (Å²) in [4.78, 5) is 29.6. The average Bonchev–Trinajstić information content (AvgIpc) is 3.12. The second kappa shape index (κ2) is 8.61. The Kier molecular flexibility index (Phi) is 6.30. The molecule has 1 fully saturated rings. The van der Waals surface area contributed by atoms with Crippen LogP contribution in [0.4, 0.5) is 10.5 Å². The maximum absolute atomic E-state index is 12.9. The SMILES string of the molecule is CC[C@@H]1CN(c2cc(=O)n(C)c3cn(CC#N)nc23)[C@@H](CC)CN1C(=O)OC(C)(C)C. The van der Waals surface area contributed by atoms with E-state index in [1.807, 2.05) is 32.6 Å². The Balaban J connectivity index is 2.02. The number of ether oxygens (including phenoxy) is 1. The lowest BCUT2D eigenvalue weighted by molar-refractivity contribution is 0.00990. The molecule has 31 heavy (non-hydrogen) atoms. The second-order valence-electron chi connectivity index (χ2n) is 9.05. The van der Waals surface area contributed by atoms with Crippen LogP contribution >= 0.6 is 0 Å². The minimum atomic E-state index is -0.556. The first-order valence-corrected chi connectivity index (χ1v) is 10.8. The molecule has 0 radical (unpaired) electrons. The standard InChI is InChI=1S/C22H32N6O3/c1-7-15-13-28(21(30)31-22(3,4)5)16(8-2)12-27(15)17-11-19(29)25(6)18-14-26(10-9-23)24-20(17)18/h11,14-16H,7-8,10,12-13H2,1-6H3/t15-,16+/m0/s1. The predicted octanol–water partition coefficient (Wildman–Crippen LogP) is 2.87. The molecule has 0 aliphatic carbocycles. The van der Waals surface area contributed by atoms with Gasteiger partial charge in [0, 0.05) is 32.2 Å². The zero-order valence-electron chi connectivity index (χ0n) is 19.3. The van der Waals surface area contributed by atoms with Crippen molar-refractivity contribution in [2.45, 2.75) is 71.7 Å². The average molecular weight is 429 g/mol. The number of nitriles is 1. The van der Waals surface area contributed by atoms with E-state index in [1.54, 1.807) is 28.6 Å². The van der Waals surface area contributed by atoms with Gasteiger partial charge in [0.05, 0.1) is 29.5 Å². The Hall–Kier alpha value is -3.02. The van der Waals surface area contributed by atoms with E-state index in [2.05, 4.69) is 23.0 Å². The van der Waals surface area contributed by atoms with Crippen molar-refractivity contribution in [1.82, 2.24) is 19.2 Å². The molecule has 0 N–H and O–H groups in total. The van der Waals surface area contributed by atoms with Gasteiger partial charge < -0.3 is 19.1 Å². The number of piperazine rings is 1. The number of carbonyl (C=O) groups excluding carboxylic acids is 1. The van der Waals surface area contributed by atoms with E-state index in [0.29, 0.717) is 24.1 Å². The quantitative estimate of drug-likeness (QED) is 0.743. The van der Waals surface area contributed by atoms with Crippen LogP contribution in [-0.2, 0) is 18.3 Å². The van der Waals surface area contributed by atoms with Crippen molar-refractivity contribution in [2.75, 3.05) is 18.0 Å². The van der Waals surface area contributed by atoms with Crippen LogP contribution in [-0.4, -0.2) is 56.1 Å². The molecule has 0 unspecified atom stereocenters. The maximum atomic E-state index is 12.9. The molecule has 3 rings (SSSR count). The minimum Gasteiger partial charge on any atom is -0.444 e. The third-order valence-corrected chi connectivity index (χ3v) is 5.75. The van der Waals surface area contributed by atoms with Gasteiger partial charge in [-0.1, -0.05) is 13.8 Å². The first-order valence-electron chi connectivity index (χ1n) is 10.8. The van der Waals surface area contributed by atoms with E-state index < -0.39 is 5.60 Å². The Bertz CT molecular complexity index is 1060. The number of pyridine rings is 1. The van der Waals surface area contributed by atoms with Gasteiger partial charge in [-0.15, -0.1) is 0 Å². The number of amides is 1. The zero-order valence-corrected chi connectivity index (χ0v) is 19.3. The van der Waals surface area contributed by atoms with Crippen molar-refractivity contribution in [3.05, 3.63) is 22.6 Å². The fourth-order valence-corrected chi connectivity index (χ4v) is 4.10. The molecule has 1 aliphatic heterocycles. The van der Waals surface area contributed by atoms with Crippen molar-refractivity contribution in [3.63, 3.8) is 0 Å². The summed E-state index contributed by atoms with van der Waals surface area (Å²) in [5.74, 6) is 0. The number of aryl methyl sites for hydroxylation is 1. The monoisotopic (exact) mass is 428 g/mol. The summed E-state index contributed by atoms with van der Waals surface area (Å²) in [6.45, 7) is 10.9. The molecule has 0 saturated carbocycles. The van der Waals surface area contributed by atoms with Crippen LogP contribution < -0.4 is 10.5 Å². The van der Waals surface area contributed by atoms with Crippen molar-refractivity contribution in [3.8, 4) is 6.07 Å². The van der Waals surface area contributed by atoms with Crippen molar-refractivity contribution < 1.29 is 9.53 Å². The molecule has 0 aromatic carbocycles. The topological polar surface area (TPSA) is 96.4 Å². The summed E-state index contributed by atoms with van der Waals surface area (Å²) in [6, 6.07) is 3.68. The molecule has 1 amide bonds. The second-order valence-corrected chi connectivity index (χ2v) is 9.05. The van der Waals surface area contributed by atoms with Crippen LogP contribution in [0.5, 0.6) is 0 Å². The zero-order chi connectivity index (χ0) is 22.9. The highest BCUT2D eigenvalue weighted by atomic mass is 16.6. The molecular formula is C22H32N6O3. The largest absolute Gasteiger partial charge is 0.444 e. The van der Waals surface area contributed by atoms with E-state index in [4.69, 9.17) is 10.00 Å². The van der Waals surface area contributed by atoms with Gasteiger partial charge in [-0.05, 0) is 33.6 Å². The molecule has 2 atom stereocenters. The fourth-order valence-electron chi connectivity index (χ4n) is 4.10. The van der Waals surface area contributed by atoms with Gasteiger partial charge in [-0.2, -0.15) is 10.4 Å². The van der Waals surface area contributed by atoms with E-state index in [1.165, 1.54) is 0 Å². The van der Waals surface area contributed by atoms with Crippen LogP contribution in [0, 0.1) is 11.3 Å². The Morgan fingerprint density at radius 1 is 1.26 bits per heavy atom. The lowest BCUT2D eigenvalue weighted by Gasteiger charge is -2.47. The molecule has 9 nitrogen and oxygen atoms in total. The first kappa shape index (κ1) is 22.7. The van der Waals surface area contributed by atoms with Gasteiger partial charge in [-0.3, -0.25) is 9.48 Å². The Labute approximate surface area is 182 Å². The summed E-state index contributed by atoms with van der Waals surface area (Å²) in [5, 5.41) is 13.6. The van der Waals surface area contributed by atoms with E-state index in [0.717, 1.165) is 18.5 Å². The lowest BCUT2D eigenvalue weighted by atomic mass is 10.0. The van der Waals surface area contributed by atoms with Gasteiger partial charge in [0.15, 0.2) is 0 Å². The van der Waals surface area contributed by atoms with Crippen LogP contribution in [0.3, 0.4) is 0 Å². The minimum absolute atomic E-state index is 0.0201. The summed E-state index contributed by atoms with van der Waals surface area (Å²) >= 11 is 0. The summed E-state index contributed by atoms with van der Waals surface area (Å²) in [7, 11) is 1.71. The van der Waals surface area contributed by atoms with Crippen molar-refractivity contribution in [1.29, 1.82) is 5.26 Å². The van der Waals surface area contributed by atoms with Gasteiger partial charge in [0.25, 0.3) is 5.56 Å². The summed E-state index contributed by atoms with van der Waals surface area (Å²) in [5.41, 5.74) is 1.45.